The minimum Gasteiger partial charge on any atom is -0.507 e. The zero-order valence-electron chi connectivity index (χ0n) is 13.9. The quantitative estimate of drug-likeness (QED) is 0.895. The summed E-state index contributed by atoms with van der Waals surface area (Å²) in [6.07, 6.45) is -1.44. The van der Waals surface area contributed by atoms with Crippen molar-refractivity contribution in [1.29, 1.82) is 0 Å². The molecule has 6 nitrogen and oxygen atoms in total. The summed E-state index contributed by atoms with van der Waals surface area (Å²) in [6.45, 7) is 1.02. The molecule has 1 atom stereocenters. The van der Waals surface area contributed by atoms with Crippen LogP contribution in [-0.2, 0) is 22.2 Å². The van der Waals surface area contributed by atoms with Crippen molar-refractivity contribution in [3.63, 3.8) is 0 Å². The third-order valence-corrected chi connectivity index (χ3v) is 4.47. The number of nitrogens with zero attached hydrogens (tertiary/aromatic N) is 2. The highest BCUT2D eigenvalue weighted by Gasteiger charge is 2.36. The smallest absolute Gasteiger partial charge is 0.416 e. The van der Waals surface area contributed by atoms with Gasteiger partial charge < -0.3 is 14.6 Å². The lowest BCUT2D eigenvalue weighted by atomic mass is 10.0. The maximum absolute atomic E-state index is 12.7. The maximum atomic E-state index is 12.7. The van der Waals surface area contributed by atoms with Crippen LogP contribution in [-0.4, -0.2) is 40.6 Å². The fourth-order valence-corrected chi connectivity index (χ4v) is 2.93. The summed E-state index contributed by atoms with van der Waals surface area (Å²) in [5.41, 5.74) is -2.16. The molecule has 0 aliphatic carbocycles. The van der Waals surface area contributed by atoms with Crippen molar-refractivity contribution >= 4 is 0 Å². The molecule has 0 amide bonds. The highest BCUT2D eigenvalue weighted by atomic mass is 19.4. The summed E-state index contributed by atoms with van der Waals surface area (Å²) >= 11 is 0. The van der Waals surface area contributed by atoms with Gasteiger partial charge in [-0.05, 0) is 18.2 Å². The van der Waals surface area contributed by atoms with Crippen LogP contribution in [0, 0.1) is 0 Å². The van der Waals surface area contributed by atoms with Gasteiger partial charge in [0, 0.05) is 31.9 Å². The van der Waals surface area contributed by atoms with E-state index in [1.165, 1.54) is 24.2 Å². The van der Waals surface area contributed by atoms with Gasteiger partial charge in [-0.1, -0.05) is 0 Å². The average molecular weight is 370 g/mol. The Morgan fingerprint density at radius 1 is 1.38 bits per heavy atom. The summed E-state index contributed by atoms with van der Waals surface area (Å²) < 4.78 is 50.4. The van der Waals surface area contributed by atoms with E-state index in [0.29, 0.717) is 25.7 Å². The van der Waals surface area contributed by atoms with E-state index in [-0.39, 0.29) is 17.7 Å². The lowest BCUT2D eigenvalue weighted by Crippen LogP contribution is -2.40. The number of phenols is 1. The average Bonchev–Trinajstić information content (AvgIpc) is 3.05. The molecule has 1 aromatic heterocycles. The number of aromatic nitrogens is 2. The van der Waals surface area contributed by atoms with Crippen molar-refractivity contribution in [3.05, 3.63) is 46.6 Å². The van der Waals surface area contributed by atoms with Crippen molar-refractivity contribution in [2.75, 3.05) is 20.3 Å². The normalized spacial score (nSPS) is 20.5. The van der Waals surface area contributed by atoms with Crippen molar-refractivity contribution in [2.24, 2.45) is 0 Å². The first-order chi connectivity index (χ1) is 12.3. The van der Waals surface area contributed by atoms with E-state index in [0.717, 1.165) is 12.1 Å². The summed E-state index contributed by atoms with van der Waals surface area (Å²) in [6, 6.07) is 2.46. The zero-order valence-corrected chi connectivity index (χ0v) is 13.9. The number of hydrogen-bond donors (Lipinski definition) is 1. The molecule has 2 aromatic rings. The first-order valence-electron chi connectivity index (χ1n) is 7.84. The van der Waals surface area contributed by atoms with Crippen LogP contribution >= 0.6 is 0 Å². The summed E-state index contributed by atoms with van der Waals surface area (Å²) in [7, 11) is 1.53. The van der Waals surface area contributed by atoms with Crippen LogP contribution in [0.5, 0.6) is 5.75 Å². The number of aromatic hydroxyl groups is 1. The van der Waals surface area contributed by atoms with E-state index in [1.54, 1.807) is 0 Å². The van der Waals surface area contributed by atoms with Gasteiger partial charge in [-0.25, -0.2) is 4.98 Å². The van der Waals surface area contributed by atoms with Crippen LogP contribution < -0.4 is 5.56 Å². The number of methoxy groups -OCH3 is 1. The predicted octanol–water partition coefficient (Wildman–Crippen LogP) is 2.44. The lowest BCUT2D eigenvalue weighted by molar-refractivity contribution is -0.137. The van der Waals surface area contributed by atoms with Gasteiger partial charge in [0.05, 0.1) is 30.6 Å². The molecule has 3 rings (SSSR count). The molecule has 0 saturated carbocycles. The highest BCUT2D eigenvalue weighted by molar-refractivity contribution is 5.69. The van der Waals surface area contributed by atoms with Crippen LogP contribution in [0.1, 0.15) is 12.0 Å². The van der Waals surface area contributed by atoms with Crippen molar-refractivity contribution < 1.29 is 27.8 Å². The van der Waals surface area contributed by atoms with Crippen LogP contribution in [0.2, 0.25) is 0 Å². The zero-order chi connectivity index (χ0) is 18.9. The van der Waals surface area contributed by atoms with Gasteiger partial charge in [-0.15, -0.1) is 0 Å². The second-order valence-electron chi connectivity index (χ2n) is 6.16. The Hall–Kier alpha value is -2.39. The van der Waals surface area contributed by atoms with E-state index < -0.39 is 28.6 Å². The molecular weight excluding hydrogens is 353 g/mol. The van der Waals surface area contributed by atoms with Crippen LogP contribution in [0.25, 0.3) is 11.1 Å². The van der Waals surface area contributed by atoms with Gasteiger partial charge in [0.2, 0.25) is 0 Å². The van der Waals surface area contributed by atoms with Gasteiger partial charge >= 0.3 is 6.18 Å². The van der Waals surface area contributed by atoms with Gasteiger partial charge in [-0.2, -0.15) is 13.2 Å². The van der Waals surface area contributed by atoms with Crippen molar-refractivity contribution in [1.82, 2.24) is 9.55 Å². The minimum absolute atomic E-state index is 0.00360. The topological polar surface area (TPSA) is 73.6 Å². The molecule has 1 fully saturated rings. The van der Waals surface area contributed by atoms with E-state index in [2.05, 4.69) is 4.98 Å². The number of rotatable bonds is 4. The third-order valence-electron chi connectivity index (χ3n) is 4.47. The number of benzene rings is 1. The summed E-state index contributed by atoms with van der Waals surface area (Å²) in [5.74, 6) is -0.637. The van der Waals surface area contributed by atoms with Gasteiger partial charge in [0.15, 0.2) is 0 Å². The lowest BCUT2D eigenvalue weighted by Gasteiger charge is -2.26. The molecule has 1 aliphatic rings. The van der Waals surface area contributed by atoms with E-state index in [4.69, 9.17) is 9.47 Å². The molecule has 0 radical (unpaired) electrons. The Labute approximate surface area is 146 Å². The fraction of sp³-hybridized carbons (Fsp3) is 0.412. The van der Waals surface area contributed by atoms with Crippen LogP contribution in [0.4, 0.5) is 13.2 Å². The van der Waals surface area contributed by atoms with Crippen LogP contribution in [0.3, 0.4) is 0 Å². The fourth-order valence-electron chi connectivity index (χ4n) is 2.93. The highest BCUT2D eigenvalue weighted by Crippen LogP contribution is 2.35. The number of halogens is 3. The molecule has 2 heterocycles. The van der Waals surface area contributed by atoms with E-state index in [9.17, 15) is 23.1 Å². The molecule has 9 heteroatoms. The Morgan fingerprint density at radius 3 is 2.73 bits per heavy atom. The first kappa shape index (κ1) is 18.4. The molecular formula is C17H17F3N2O4. The second-order valence-corrected chi connectivity index (χ2v) is 6.16. The number of alkyl halides is 3. The summed E-state index contributed by atoms with van der Waals surface area (Å²) in [5, 5.41) is 9.98. The van der Waals surface area contributed by atoms with Crippen LogP contribution in [0.15, 0.2) is 35.5 Å². The van der Waals surface area contributed by atoms with E-state index in [1.807, 2.05) is 0 Å². The molecule has 1 saturated heterocycles. The molecule has 1 aromatic carbocycles. The molecule has 140 valence electrons. The molecule has 1 aliphatic heterocycles. The van der Waals surface area contributed by atoms with E-state index >= 15 is 0 Å². The van der Waals surface area contributed by atoms with Gasteiger partial charge in [-0.3, -0.25) is 9.36 Å². The summed E-state index contributed by atoms with van der Waals surface area (Å²) in [4.78, 5) is 16.7. The molecule has 1 N–H and O–H groups in total. The molecule has 1 unspecified atom stereocenters. The molecule has 26 heavy (non-hydrogen) atoms. The number of ether oxygens (including phenoxy) is 2. The molecule has 0 bridgehead atoms. The SMILES string of the molecule is COC1(Cn2cncc(-c3ccc(C(F)(F)F)cc3O)c2=O)CCOC1. The predicted molar refractivity (Wildman–Crippen MR) is 85.8 cm³/mol. The monoisotopic (exact) mass is 370 g/mol. The first-order valence-corrected chi connectivity index (χ1v) is 7.84. The number of phenolic OH excluding ortho intramolecular Hbond substituents is 1. The minimum atomic E-state index is -4.58. The Bertz CT molecular complexity index is 858. The Morgan fingerprint density at radius 2 is 2.15 bits per heavy atom. The second kappa shape index (κ2) is 6.73. The van der Waals surface area contributed by atoms with Crippen molar-refractivity contribution in [3.8, 4) is 16.9 Å². The molecule has 0 spiro atoms. The van der Waals surface area contributed by atoms with Gasteiger partial charge in [0.25, 0.3) is 5.56 Å². The number of hydrogen-bond acceptors (Lipinski definition) is 5. The third kappa shape index (κ3) is 3.45. The Kier molecular flexibility index (Phi) is 4.76. The van der Waals surface area contributed by atoms with Gasteiger partial charge in [0.1, 0.15) is 11.4 Å². The van der Waals surface area contributed by atoms with Crippen molar-refractivity contribution in [2.45, 2.75) is 24.7 Å². The largest absolute Gasteiger partial charge is 0.507 e. The Balaban J connectivity index is 1.99. The maximum Gasteiger partial charge on any atom is 0.416 e. The standard InChI is InChI=1S/C17H17F3N2O4/c1-25-16(4-5-26-9-16)8-22-10-21-7-13(15(22)24)12-3-2-11(6-14(12)23)17(18,19)20/h2-3,6-7,10,23H,4-5,8-9H2,1H3.